The molecular weight excluding hydrogens is 576 g/mol. The van der Waals surface area contributed by atoms with Gasteiger partial charge in [-0.05, 0) is 73.8 Å². The molecule has 0 radical (unpaired) electrons. The van der Waals surface area contributed by atoms with Gasteiger partial charge in [0.05, 0.1) is 25.4 Å². The smallest absolute Gasteiger partial charge is 0.305 e. The van der Waals surface area contributed by atoms with Crippen LogP contribution < -0.4 is 0 Å². The Morgan fingerprint density at radius 3 is 2.12 bits per heavy atom. The molecule has 6 atom stereocenters. The molecule has 2 aliphatic rings. The molecule has 0 amide bonds. The number of alkyl halides is 1. The SMILES string of the molecule is COC(=O)CCCC=CC(F)[C@H]1[C@@H](C=CC(O[Si](C)(C)C(C)(C)C)C2(C)CCCCC2)[C@H](O[Si](C)(C)C(C)(C)C)C[C@@H]1O. The van der Waals surface area contributed by atoms with Crippen LogP contribution in [0.15, 0.2) is 24.3 Å². The Morgan fingerprint density at radius 2 is 1.58 bits per heavy atom. The highest BCUT2D eigenvalue weighted by Gasteiger charge is 2.50. The van der Waals surface area contributed by atoms with Crippen LogP contribution >= 0.6 is 0 Å². The van der Waals surface area contributed by atoms with E-state index in [1.807, 2.05) is 0 Å². The maximum Gasteiger partial charge on any atom is 0.305 e. The van der Waals surface area contributed by atoms with Gasteiger partial charge in [-0.15, -0.1) is 0 Å². The van der Waals surface area contributed by atoms with Crippen molar-refractivity contribution in [3.05, 3.63) is 24.3 Å². The summed E-state index contributed by atoms with van der Waals surface area (Å²) >= 11 is 0. The first kappa shape index (κ1) is 38.4. The Balaban J connectivity index is 2.44. The Hall–Kier alpha value is -0.806. The number of aliphatic hydroxyl groups is 1. The quantitative estimate of drug-likeness (QED) is 0.0940. The van der Waals surface area contributed by atoms with Crippen LogP contribution in [0.25, 0.3) is 0 Å². The lowest BCUT2D eigenvalue weighted by atomic mass is 9.71. The highest BCUT2D eigenvalue weighted by molar-refractivity contribution is 6.74. The van der Waals surface area contributed by atoms with Crippen LogP contribution in [0.4, 0.5) is 4.39 Å². The molecule has 0 bridgehead atoms. The summed E-state index contributed by atoms with van der Waals surface area (Å²) in [6.45, 7) is 24.9. The van der Waals surface area contributed by atoms with Crippen LogP contribution in [0.3, 0.4) is 0 Å². The lowest BCUT2D eigenvalue weighted by Crippen LogP contribution is -2.48. The molecule has 0 saturated heterocycles. The predicted molar refractivity (Wildman–Crippen MR) is 182 cm³/mol. The first-order valence-corrected chi connectivity index (χ1v) is 22.6. The molecule has 2 fully saturated rings. The second-order valence-electron chi connectivity index (χ2n) is 16.6. The average Bonchev–Trinajstić information content (AvgIpc) is 3.18. The fraction of sp³-hybridized carbons (Fsp3) is 0.857. The third kappa shape index (κ3) is 10.3. The number of aliphatic hydroxyl groups excluding tert-OH is 1. The van der Waals surface area contributed by atoms with Crippen molar-refractivity contribution in [3.8, 4) is 0 Å². The maximum absolute atomic E-state index is 16.0. The molecule has 0 spiro atoms. The molecule has 5 nitrogen and oxygen atoms in total. The second kappa shape index (κ2) is 15.2. The topological polar surface area (TPSA) is 65.0 Å². The van der Waals surface area contributed by atoms with Gasteiger partial charge in [-0.3, -0.25) is 4.79 Å². The third-order valence-corrected chi connectivity index (χ3v) is 20.1. The van der Waals surface area contributed by atoms with E-state index in [1.165, 1.54) is 26.4 Å². The van der Waals surface area contributed by atoms with Gasteiger partial charge in [-0.25, -0.2) is 4.39 Å². The minimum Gasteiger partial charge on any atom is -0.469 e. The van der Waals surface area contributed by atoms with Gasteiger partial charge in [0.25, 0.3) is 0 Å². The van der Waals surface area contributed by atoms with Gasteiger partial charge in [-0.2, -0.15) is 0 Å². The monoisotopic (exact) mass is 640 g/mol. The van der Waals surface area contributed by atoms with Crippen LogP contribution in [0.1, 0.15) is 106 Å². The zero-order valence-electron chi connectivity index (χ0n) is 29.6. The van der Waals surface area contributed by atoms with Crippen molar-refractivity contribution >= 4 is 22.6 Å². The molecule has 0 aromatic heterocycles. The number of allylic oxidation sites excluding steroid dienone is 2. The van der Waals surface area contributed by atoms with Crippen molar-refractivity contribution in [2.45, 2.75) is 167 Å². The summed E-state index contributed by atoms with van der Waals surface area (Å²) in [6, 6.07) is 0. The van der Waals surface area contributed by atoms with Gasteiger partial charge in [0.15, 0.2) is 16.6 Å². The minimum atomic E-state index is -2.18. The summed E-state index contributed by atoms with van der Waals surface area (Å²) in [5.74, 6) is -1.12. The van der Waals surface area contributed by atoms with E-state index in [9.17, 15) is 9.90 Å². The number of hydrogen-bond acceptors (Lipinski definition) is 5. The van der Waals surface area contributed by atoms with Crippen LogP contribution in [-0.4, -0.2) is 59.3 Å². The van der Waals surface area contributed by atoms with Crippen molar-refractivity contribution in [2.24, 2.45) is 17.3 Å². The van der Waals surface area contributed by atoms with Crippen LogP contribution in [-0.2, 0) is 18.4 Å². The summed E-state index contributed by atoms with van der Waals surface area (Å²) in [4.78, 5) is 11.5. The molecule has 8 heteroatoms. The highest BCUT2D eigenvalue weighted by atomic mass is 28.4. The van der Waals surface area contributed by atoms with E-state index in [4.69, 9.17) is 13.6 Å². The normalized spacial score (nSPS) is 27.1. The van der Waals surface area contributed by atoms with Gasteiger partial charge in [-0.1, -0.05) is 92.0 Å². The van der Waals surface area contributed by atoms with Gasteiger partial charge >= 0.3 is 5.97 Å². The second-order valence-corrected chi connectivity index (χ2v) is 26.1. The molecule has 2 saturated carbocycles. The molecule has 250 valence electrons. The summed E-state index contributed by atoms with van der Waals surface area (Å²) in [6.07, 6.45) is 13.2. The van der Waals surface area contributed by atoms with Gasteiger partial charge < -0.3 is 18.7 Å². The van der Waals surface area contributed by atoms with Crippen LogP contribution in [0.2, 0.25) is 36.3 Å². The number of rotatable bonds is 13. The van der Waals surface area contributed by atoms with E-state index < -0.39 is 34.8 Å². The molecule has 2 rings (SSSR count). The van der Waals surface area contributed by atoms with Crippen molar-refractivity contribution in [1.82, 2.24) is 0 Å². The number of unbranched alkanes of at least 4 members (excludes halogenated alkanes) is 1. The molecule has 0 aromatic carbocycles. The Kier molecular flexibility index (Phi) is 13.6. The number of ether oxygens (including phenoxy) is 1. The van der Waals surface area contributed by atoms with E-state index in [-0.39, 0.29) is 39.6 Å². The molecule has 2 aliphatic carbocycles. The molecule has 2 unspecified atom stereocenters. The molecule has 43 heavy (non-hydrogen) atoms. The largest absolute Gasteiger partial charge is 0.469 e. The standard InChI is InChI=1S/C35H65FO5Si2/c1-33(2,3)42(9,10)40-29-25-28(37)32(27(36)19-15-13-16-20-31(38)39-8)26(29)21-22-30(35(7)23-17-14-18-24-35)41-43(11,12)34(4,5)6/h15,19,21-22,26-30,32,37H,13-14,16-18,20,23-25H2,1-12H3/t26-,27?,28-,29+,30?,32+/m0/s1. The summed E-state index contributed by atoms with van der Waals surface area (Å²) in [7, 11) is -2.89. The van der Waals surface area contributed by atoms with Crippen molar-refractivity contribution in [3.63, 3.8) is 0 Å². The van der Waals surface area contributed by atoms with Crippen LogP contribution in [0, 0.1) is 17.3 Å². The maximum atomic E-state index is 16.0. The van der Waals surface area contributed by atoms with E-state index in [0.29, 0.717) is 25.7 Å². The molecular formula is C35H65FO5Si2. The van der Waals surface area contributed by atoms with E-state index in [2.05, 4.69) is 86.8 Å². The van der Waals surface area contributed by atoms with Crippen molar-refractivity contribution < 1.29 is 27.9 Å². The number of hydrogen-bond donors (Lipinski definition) is 1. The Morgan fingerprint density at radius 1 is 1.00 bits per heavy atom. The summed E-state index contributed by atoms with van der Waals surface area (Å²) in [5, 5.41) is 11.4. The fourth-order valence-corrected chi connectivity index (χ4v) is 8.73. The van der Waals surface area contributed by atoms with Gasteiger partial charge in [0, 0.05) is 18.3 Å². The lowest BCUT2D eigenvalue weighted by Gasteiger charge is -2.46. The summed E-state index contributed by atoms with van der Waals surface area (Å²) in [5.41, 5.74) is 0.0292. The molecule has 0 aliphatic heterocycles. The van der Waals surface area contributed by atoms with E-state index >= 15 is 4.39 Å². The van der Waals surface area contributed by atoms with Crippen molar-refractivity contribution in [2.75, 3.05) is 7.11 Å². The summed E-state index contributed by atoms with van der Waals surface area (Å²) < 4.78 is 34.8. The van der Waals surface area contributed by atoms with Crippen molar-refractivity contribution in [1.29, 1.82) is 0 Å². The van der Waals surface area contributed by atoms with Crippen LogP contribution in [0.5, 0.6) is 0 Å². The number of halogens is 1. The molecule has 0 heterocycles. The van der Waals surface area contributed by atoms with Gasteiger partial charge in [0.2, 0.25) is 0 Å². The zero-order valence-corrected chi connectivity index (χ0v) is 31.6. The molecule has 1 N–H and O–H groups in total. The number of methoxy groups -OCH3 is 1. The Bertz CT molecular complexity index is 943. The predicted octanol–water partition coefficient (Wildman–Crippen LogP) is 9.53. The van der Waals surface area contributed by atoms with E-state index in [1.54, 1.807) is 12.2 Å². The third-order valence-electron chi connectivity index (χ3n) is 11.1. The zero-order chi connectivity index (χ0) is 32.9. The first-order chi connectivity index (χ1) is 19.6. The first-order valence-electron chi connectivity index (χ1n) is 16.7. The number of carbonyl (C=O) groups excluding carboxylic acids is 1. The minimum absolute atomic E-state index is 0.00249. The van der Waals surface area contributed by atoms with E-state index in [0.717, 1.165) is 12.8 Å². The Labute approximate surface area is 265 Å². The fourth-order valence-electron chi connectivity index (χ4n) is 6.02. The average molecular weight is 641 g/mol. The molecule has 0 aromatic rings. The van der Waals surface area contributed by atoms with Gasteiger partial charge in [0.1, 0.15) is 6.17 Å². The number of esters is 1. The highest BCUT2D eigenvalue weighted by Crippen LogP contribution is 2.48. The number of carbonyl (C=O) groups is 1. The lowest BCUT2D eigenvalue weighted by molar-refractivity contribution is -0.140.